The molecule has 2 fully saturated rings. The van der Waals surface area contributed by atoms with Gasteiger partial charge in [0.05, 0.1) is 6.54 Å². The van der Waals surface area contributed by atoms with Gasteiger partial charge in [0.25, 0.3) is 0 Å². The van der Waals surface area contributed by atoms with Crippen molar-refractivity contribution in [1.82, 2.24) is 10.2 Å². The van der Waals surface area contributed by atoms with E-state index in [1.165, 1.54) is 43.6 Å². The Morgan fingerprint density at radius 1 is 1.41 bits per heavy atom. The summed E-state index contributed by atoms with van der Waals surface area (Å²) < 4.78 is 0. The van der Waals surface area contributed by atoms with Crippen LogP contribution in [0.1, 0.15) is 51.3 Å². The Bertz CT molecular complexity index is 514. The first kappa shape index (κ1) is 15.9. The molecular formula is C18H29N3S. The molecule has 1 spiro atoms. The molecule has 1 saturated carbocycles. The zero-order chi connectivity index (χ0) is 15.6. The van der Waals surface area contributed by atoms with E-state index >= 15 is 0 Å². The van der Waals surface area contributed by atoms with Gasteiger partial charge in [-0.1, -0.05) is 26.3 Å². The maximum Gasteiger partial charge on any atom is 0.193 e. The highest BCUT2D eigenvalue weighted by Gasteiger charge is 2.43. The quantitative estimate of drug-likeness (QED) is 0.674. The van der Waals surface area contributed by atoms with Crippen LogP contribution < -0.4 is 5.32 Å². The molecule has 122 valence electrons. The minimum Gasteiger partial charge on any atom is -0.357 e. The molecule has 3 rings (SSSR count). The summed E-state index contributed by atoms with van der Waals surface area (Å²) in [5, 5.41) is 5.67. The van der Waals surface area contributed by atoms with E-state index in [1.54, 1.807) is 0 Å². The number of nitrogens with one attached hydrogen (secondary N) is 1. The zero-order valence-corrected chi connectivity index (χ0v) is 15.0. The molecule has 0 atom stereocenters. The summed E-state index contributed by atoms with van der Waals surface area (Å²) in [5.41, 5.74) is 0.738. The fraction of sp³-hybridized carbons (Fsp3) is 0.722. The number of hydrogen-bond donors (Lipinski definition) is 1. The van der Waals surface area contributed by atoms with Gasteiger partial charge in [-0.15, -0.1) is 11.3 Å². The summed E-state index contributed by atoms with van der Waals surface area (Å²) in [5.74, 6) is 1.12. The van der Waals surface area contributed by atoms with Gasteiger partial charge in [-0.2, -0.15) is 0 Å². The molecule has 22 heavy (non-hydrogen) atoms. The average Bonchev–Trinajstić information content (AvgIpc) is 3.11. The Morgan fingerprint density at radius 3 is 2.77 bits per heavy atom. The lowest BCUT2D eigenvalue weighted by atomic mass is 9.68. The molecule has 0 aromatic carbocycles. The molecule has 1 aliphatic heterocycles. The lowest BCUT2D eigenvalue weighted by molar-refractivity contribution is 0.151. The predicted molar refractivity (Wildman–Crippen MR) is 95.8 cm³/mol. The van der Waals surface area contributed by atoms with E-state index in [0.29, 0.717) is 5.41 Å². The fourth-order valence-electron chi connectivity index (χ4n) is 3.64. The van der Waals surface area contributed by atoms with Crippen molar-refractivity contribution in [2.75, 3.05) is 26.2 Å². The minimum atomic E-state index is 0.114. The number of thiophene rings is 1. The number of hydrogen-bond acceptors (Lipinski definition) is 2. The minimum absolute atomic E-state index is 0.114. The third-order valence-corrected chi connectivity index (χ3v) is 6.54. The van der Waals surface area contributed by atoms with Gasteiger partial charge in [0.1, 0.15) is 0 Å². The third-order valence-electron chi connectivity index (χ3n) is 5.30. The molecule has 1 aromatic rings. The topological polar surface area (TPSA) is 27.6 Å². The van der Waals surface area contributed by atoms with Crippen LogP contribution >= 0.6 is 11.3 Å². The van der Waals surface area contributed by atoms with Crippen molar-refractivity contribution in [1.29, 1.82) is 0 Å². The molecule has 0 radical (unpaired) electrons. The standard InChI is InChI=1S/C18H29N3S/c1-4-19-16(21-11-10-18(14-21)8-6-9-18)20-13-17(2,3)15-7-5-12-22-15/h5,7,12H,4,6,8-11,13-14H2,1-3H3,(H,19,20). The molecule has 1 aliphatic carbocycles. The number of nitrogens with zero attached hydrogens (tertiary/aromatic N) is 2. The Kier molecular flexibility index (Phi) is 4.49. The van der Waals surface area contributed by atoms with E-state index in [4.69, 9.17) is 4.99 Å². The van der Waals surface area contributed by atoms with Crippen LogP contribution in [0.15, 0.2) is 22.5 Å². The van der Waals surface area contributed by atoms with E-state index in [2.05, 4.69) is 48.5 Å². The molecule has 4 heteroatoms. The second kappa shape index (κ2) is 6.23. The van der Waals surface area contributed by atoms with Crippen molar-refractivity contribution >= 4 is 17.3 Å². The van der Waals surface area contributed by atoms with Crippen LogP contribution in [0.3, 0.4) is 0 Å². The lowest BCUT2D eigenvalue weighted by Gasteiger charge is -2.38. The first-order valence-electron chi connectivity index (χ1n) is 8.62. The largest absolute Gasteiger partial charge is 0.357 e. The number of guanidine groups is 1. The Morgan fingerprint density at radius 2 is 2.23 bits per heavy atom. The van der Waals surface area contributed by atoms with Crippen molar-refractivity contribution < 1.29 is 0 Å². The van der Waals surface area contributed by atoms with E-state index in [-0.39, 0.29) is 5.41 Å². The zero-order valence-electron chi connectivity index (χ0n) is 14.2. The maximum absolute atomic E-state index is 4.99. The van der Waals surface area contributed by atoms with Crippen LogP contribution in [-0.2, 0) is 5.41 Å². The summed E-state index contributed by atoms with van der Waals surface area (Å²) in [7, 11) is 0. The molecular weight excluding hydrogens is 290 g/mol. The average molecular weight is 320 g/mol. The second-order valence-electron chi connectivity index (χ2n) is 7.56. The highest BCUT2D eigenvalue weighted by molar-refractivity contribution is 7.10. The van der Waals surface area contributed by atoms with E-state index in [9.17, 15) is 0 Å². The number of rotatable bonds is 4. The second-order valence-corrected chi connectivity index (χ2v) is 8.50. The highest BCUT2D eigenvalue weighted by Crippen LogP contribution is 2.47. The fourth-order valence-corrected chi connectivity index (χ4v) is 4.49. The summed E-state index contributed by atoms with van der Waals surface area (Å²) >= 11 is 1.84. The normalized spacial score (nSPS) is 21.2. The number of likely N-dealkylation sites (tertiary alicyclic amines) is 1. The molecule has 1 saturated heterocycles. The smallest absolute Gasteiger partial charge is 0.193 e. The molecule has 0 unspecified atom stereocenters. The SMILES string of the molecule is CCNC(=NCC(C)(C)c1cccs1)N1CCC2(CCC2)C1. The summed E-state index contributed by atoms with van der Waals surface area (Å²) in [6.45, 7) is 10.9. The first-order valence-corrected chi connectivity index (χ1v) is 9.50. The number of aliphatic imine (C=N–C) groups is 1. The Labute approximate surface area is 138 Å². The third kappa shape index (κ3) is 3.17. The summed E-state index contributed by atoms with van der Waals surface area (Å²) in [6, 6.07) is 4.36. The van der Waals surface area contributed by atoms with Gasteiger partial charge in [-0.3, -0.25) is 4.99 Å². The predicted octanol–water partition coefficient (Wildman–Crippen LogP) is 3.87. The van der Waals surface area contributed by atoms with Crippen molar-refractivity contribution in [3.05, 3.63) is 22.4 Å². The molecule has 3 nitrogen and oxygen atoms in total. The summed E-state index contributed by atoms with van der Waals surface area (Å²) in [6.07, 6.45) is 5.62. The van der Waals surface area contributed by atoms with Gasteiger partial charge >= 0.3 is 0 Å². The van der Waals surface area contributed by atoms with Crippen LogP contribution in [0.25, 0.3) is 0 Å². The van der Waals surface area contributed by atoms with Crippen molar-refractivity contribution in [2.45, 2.75) is 51.9 Å². The Hall–Kier alpha value is -1.03. The molecule has 1 N–H and O–H groups in total. The van der Waals surface area contributed by atoms with Gasteiger partial charge in [-0.05, 0) is 43.0 Å². The highest BCUT2D eigenvalue weighted by atomic mass is 32.1. The van der Waals surface area contributed by atoms with Gasteiger partial charge in [-0.25, -0.2) is 0 Å². The van der Waals surface area contributed by atoms with Crippen molar-refractivity contribution in [2.24, 2.45) is 10.4 Å². The van der Waals surface area contributed by atoms with Crippen LogP contribution in [0.2, 0.25) is 0 Å². The molecule has 2 aliphatic rings. The van der Waals surface area contributed by atoms with E-state index in [0.717, 1.165) is 19.0 Å². The van der Waals surface area contributed by atoms with Crippen LogP contribution in [0, 0.1) is 5.41 Å². The molecule has 0 bridgehead atoms. The van der Waals surface area contributed by atoms with E-state index in [1.807, 2.05) is 11.3 Å². The molecule has 2 heterocycles. The van der Waals surface area contributed by atoms with E-state index < -0.39 is 0 Å². The molecule has 1 aromatic heterocycles. The first-order chi connectivity index (χ1) is 10.5. The maximum atomic E-state index is 4.99. The van der Waals surface area contributed by atoms with Gasteiger partial charge < -0.3 is 10.2 Å². The van der Waals surface area contributed by atoms with Gasteiger partial charge in [0.2, 0.25) is 0 Å². The van der Waals surface area contributed by atoms with Crippen molar-refractivity contribution in [3.63, 3.8) is 0 Å². The van der Waals surface area contributed by atoms with Crippen LogP contribution in [0.4, 0.5) is 0 Å². The van der Waals surface area contributed by atoms with Gasteiger partial charge in [0, 0.05) is 29.9 Å². The van der Waals surface area contributed by atoms with Crippen LogP contribution in [-0.4, -0.2) is 37.0 Å². The molecule has 0 amide bonds. The Balaban J connectivity index is 1.68. The van der Waals surface area contributed by atoms with Crippen molar-refractivity contribution in [3.8, 4) is 0 Å². The van der Waals surface area contributed by atoms with Crippen LogP contribution in [0.5, 0.6) is 0 Å². The lowest BCUT2D eigenvalue weighted by Crippen LogP contribution is -2.43. The summed E-state index contributed by atoms with van der Waals surface area (Å²) in [4.78, 5) is 8.90. The van der Waals surface area contributed by atoms with Gasteiger partial charge in [0.15, 0.2) is 5.96 Å². The monoisotopic (exact) mass is 319 g/mol.